The van der Waals surface area contributed by atoms with Gasteiger partial charge >= 0.3 is 0 Å². The van der Waals surface area contributed by atoms with E-state index in [0.29, 0.717) is 5.75 Å². The largest absolute Gasteiger partial charge is 0.504 e. The molecular formula is C20H21BrN4O2S. The third-order valence-electron chi connectivity index (χ3n) is 3.96. The average molecular weight is 461 g/mol. The van der Waals surface area contributed by atoms with Crippen molar-refractivity contribution in [2.24, 2.45) is 5.10 Å². The standard InChI is InChI=1S/C20H21BrN4O2S/c1-3-4-19-23-24-20(28-13-14-5-8-16(21)9-6-14)25(19)22-12-15-7-10-18(27-2)17(26)11-15/h5-12,26H,3-4,13H2,1-2H3/b22-12-. The van der Waals surface area contributed by atoms with E-state index in [2.05, 4.69) is 50.3 Å². The van der Waals surface area contributed by atoms with E-state index in [9.17, 15) is 5.11 Å². The molecule has 28 heavy (non-hydrogen) atoms. The number of benzene rings is 2. The minimum Gasteiger partial charge on any atom is -0.504 e. The van der Waals surface area contributed by atoms with Crippen molar-refractivity contribution < 1.29 is 9.84 Å². The molecule has 0 fully saturated rings. The smallest absolute Gasteiger partial charge is 0.212 e. The lowest BCUT2D eigenvalue weighted by Gasteiger charge is -2.05. The Morgan fingerprint density at radius 3 is 2.68 bits per heavy atom. The highest BCUT2D eigenvalue weighted by molar-refractivity contribution is 9.10. The summed E-state index contributed by atoms with van der Waals surface area (Å²) in [6, 6.07) is 13.4. The van der Waals surface area contributed by atoms with Crippen molar-refractivity contribution in [1.82, 2.24) is 14.9 Å². The molecule has 0 saturated heterocycles. The highest BCUT2D eigenvalue weighted by Gasteiger charge is 2.12. The van der Waals surface area contributed by atoms with Gasteiger partial charge in [0.05, 0.1) is 13.3 Å². The van der Waals surface area contributed by atoms with Crippen molar-refractivity contribution >= 4 is 33.9 Å². The third kappa shape index (κ3) is 5.14. The molecule has 0 aliphatic rings. The van der Waals surface area contributed by atoms with Gasteiger partial charge in [-0.25, -0.2) is 0 Å². The molecule has 3 rings (SSSR count). The van der Waals surface area contributed by atoms with Crippen LogP contribution in [0.4, 0.5) is 0 Å². The van der Waals surface area contributed by atoms with Gasteiger partial charge in [-0.15, -0.1) is 10.2 Å². The first-order chi connectivity index (χ1) is 13.6. The first-order valence-electron chi connectivity index (χ1n) is 8.83. The van der Waals surface area contributed by atoms with Crippen LogP contribution in [0.1, 0.15) is 30.3 Å². The van der Waals surface area contributed by atoms with Crippen LogP contribution in [-0.2, 0) is 12.2 Å². The summed E-state index contributed by atoms with van der Waals surface area (Å²) in [7, 11) is 1.52. The number of aromatic nitrogens is 3. The van der Waals surface area contributed by atoms with Crippen LogP contribution in [-0.4, -0.2) is 33.3 Å². The van der Waals surface area contributed by atoms with E-state index in [-0.39, 0.29) is 5.75 Å². The van der Waals surface area contributed by atoms with E-state index >= 15 is 0 Å². The predicted molar refractivity (Wildman–Crippen MR) is 115 cm³/mol. The van der Waals surface area contributed by atoms with Gasteiger partial charge in [-0.05, 0) is 47.9 Å². The summed E-state index contributed by atoms with van der Waals surface area (Å²) in [6.45, 7) is 2.10. The maximum absolute atomic E-state index is 9.95. The summed E-state index contributed by atoms with van der Waals surface area (Å²) >= 11 is 5.04. The van der Waals surface area contributed by atoms with Crippen LogP contribution in [0.2, 0.25) is 0 Å². The number of hydrogen-bond donors (Lipinski definition) is 1. The lowest BCUT2D eigenvalue weighted by atomic mass is 10.2. The van der Waals surface area contributed by atoms with E-state index in [1.54, 1.807) is 34.8 Å². The molecule has 1 heterocycles. The molecule has 8 heteroatoms. The van der Waals surface area contributed by atoms with Crippen molar-refractivity contribution in [3.8, 4) is 11.5 Å². The Labute approximate surface area is 176 Å². The number of methoxy groups -OCH3 is 1. The van der Waals surface area contributed by atoms with Gasteiger partial charge in [0.15, 0.2) is 17.3 Å². The molecule has 146 valence electrons. The molecule has 0 radical (unpaired) electrons. The number of phenolic OH excluding ortho intramolecular Hbond substituents is 1. The van der Waals surface area contributed by atoms with Gasteiger partial charge in [-0.1, -0.05) is 46.7 Å². The Kier molecular flexibility index (Phi) is 7.11. The number of thioether (sulfide) groups is 1. The van der Waals surface area contributed by atoms with Crippen molar-refractivity contribution in [3.05, 3.63) is 63.9 Å². The zero-order valence-electron chi connectivity index (χ0n) is 15.7. The lowest BCUT2D eigenvalue weighted by molar-refractivity contribution is 0.373. The van der Waals surface area contributed by atoms with Crippen LogP contribution >= 0.6 is 27.7 Å². The number of ether oxygens (including phenoxy) is 1. The molecule has 0 unspecified atom stereocenters. The average Bonchev–Trinajstić information content (AvgIpc) is 3.08. The number of aromatic hydroxyl groups is 1. The second-order valence-corrected chi connectivity index (χ2v) is 7.91. The van der Waals surface area contributed by atoms with E-state index in [0.717, 1.165) is 39.6 Å². The molecule has 0 spiro atoms. The van der Waals surface area contributed by atoms with E-state index in [1.165, 1.54) is 12.7 Å². The van der Waals surface area contributed by atoms with Crippen molar-refractivity contribution in [2.45, 2.75) is 30.7 Å². The Bertz CT molecular complexity index is 957. The number of rotatable bonds is 8. The van der Waals surface area contributed by atoms with Crippen LogP contribution in [0.15, 0.2) is 57.2 Å². The van der Waals surface area contributed by atoms with Gasteiger partial charge in [0, 0.05) is 16.6 Å². The molecule has 6 nitrogen and oxygen atoms in total. The fourth-order valence-corrected chi connectivity index (χ4v) is 3.65. The van der Waals surface area contributed by atoms with Crippen LogP contribution in [0.5, 0.6) is 11.5 Å². The molecule has 3 aromatic rings. The fourth-order valence-electron chi connectivity index (χ4n) is 2.52. The molecule has 2 aromatic carbocycles. The van der Waals surface area contributed by atoms with Gasteiger partial charge in [0.2, 0.25) is 5.16 Å². The highest BCUT2D eigenvalue weighted by atomic mass is 79.9. The summed E-state index contributed by atoms with van der Waals surface area (Å²) in [6.07, 6.45) is 3.43. The second-order valence-electron chi connectivity index (χ2n) is 6.05. The Morgan fingerprint density at radius 1 is 1.21 bits per heavy atom. The van der Waals surface area contributed by atoms with Gasteiger partial charge in [0.1, 0.15) is 0 Å². The van der Waals surface area contributed by atoms with Gasteiger partial charge in [-0.3, -0.25) is 0 Å². The quantitative estimate of drug-likeness (QED) is 0.382. The second kappa shape index (κ2) is 9.75. The van der Waals surface area contributed by atoms with Crippen molar-refractivity contribution in [1.29, 1.82) is 0 Å². The zero-order valence-corrected chi connectivity index (χ0v) is 18.1. The molecular weight excluding hydrogens is 440 g/mol. The van der Waals surface area contributed by atoms with E-state index in [4.69, 9.17) is 4.74 Å². The summed E-state index contributed by atoms with van der Waals surface area (Å²) < 4.78 is 7.91. The van der Waals surface area contributed by atoms with Crippen LogP contribution in [0, 0.1) is 0 Å². The summed E-state index contributed by atoms with van der Waals surface area (Å²) in [5, 5.41) is 23.8. The number of halogens is 1. The molecule has 0 aliphatic heterocycles. The summed E-state index contributed by atoms with van der Waals surface area (Å²) in [4.78, 5) is 0. The van der Waals surface area contributed by atoms with Gasteiger partial charge in [0.25, 0.3) is 0 Å². The van der Waals surface area contributed by atoms with Crippen LogP contribution < -0.4 is 4.74 Å². The molecule has 0 atom stereocenters. The number of nitrogens with zero attached hydrogens (tertiary/aromatic N) is 4. The molecule has 0 amide bonds. The zero-order chi connectivity index (χ0) is 19.9. The SMILES string of the molecule is CCCc1nnc(SCc2ccc(Br)cc2)n1/N=C\c1ccc(OC)c(O)c1. The first-order valence-corrected chi connectivity index (χ1v) is 10.6. The monoisotopic (exact) mass is 460 g/mol. The number of aryl methyl sites for hydroxylation is 1. The Balaban J connectivity index is 1.80. The minimum absolute atomic E-state index is 0.0776. The molecule has 0 saturated carbocycles. The fraction of sp³-hybridized carbons (Fsp3) is 0.250. The van der Waals surface area contributed by atoms with Gasteiger partial charge in [-0.2, -0.15) is 9.78 Å². The van der Waals surface area contributed by atoms with Crippen molar-refractivity contribution in [3.63, 3.8) is 0 Å². The van der Waals surface area contributed by atoms with Crippen LogP contribution in [0.3, 0.4) is 0 Å². The van der Waals surface area contributed by atoms with Crippen molar-refractivity contribution in [2.75, 3.05) is 7.11 Å². The normalized spacial score (nSPS) is 11.2. The van der Waals surface area contributed by atoms with E-state index < -0.39 is 0 Å². The summed E-state index contributed by atoms with van der Waals surface area (Å²) in [5.74, 6) is 2.10. The number of hydrogen-bond acceptors (Lipinski definition) is 6. The molecule has 0 bridgehead atoms. The highest BCUT2D eigenvalue weighted by Crippen LogP contribution is 2.26. The maximum atomic E-state index is 9.95. The molecule has 0 aliphatic carbocycles. The summed E-state index contributed by atoms with van der Waals surface area (Å²) in [5.41, 5.74) is 1.96. The van der Waals surface area contributed by atoms with E-state index in [1.807, 2.05) is 18.2 Å². The molecule has 1 N–H and O–H groups in total. The Morgan fingerprint density at radius 2 is 2.00 bits per heavy atom. The topological polar surface area (TPSA) is 72.5 Å². The third-order valence-corrected chi connectivity index (χ3v) is 5.48. The minimum atomic E-state index is 0.0776. The predicted octanol–water partition coefficient (Wildman–Crippen LogP) is 4.88. The van der Waals surface area contributed by atoms with Crippen LogP contribution in [0.25, 0.3) is 0 Å². The lowest BCUT2D eigenvalue weighted by Crippen LogP contribution is -2.00. The molecule has 1 aromatic heterocycles. The maximum Gasteiger partial charge on any atom is 0.212 e. The number of phenols is 1. The first kappa shape index (κ1) is 20.4. The Hall–Kier alpha value is -2.32. The van der Waals surface area contributed by atoms with Gasteiger partial charge < -0.3 is 9.84 Å².